The second-order valence-electron chi connectivity index (χ2n) is 4.01. The fraction of sp³-hybridized carbons (Fsp3) is 0.545. The molecule has 0 aromatic carbocycles. The molecule has 1 N–H and O–H groups in total. The fourth-order valence-electron chi connectivity index (χ4n) is 1.48. The maximum Gasteiger partial charge on any atom is 0.312 e. The SMILES string of the molecule is CSc1cc(C(CC(C)C)C(=O)O)ncn1. The van der Waals surface area contributed by atoms with Crippen LogP contribution in [-0.4, -0.2) is 27.3 Å². The normalized spacial score (nSPS) is 12.8. The molecule has 0 amide bonds. The van der Waals surface area contributed by atoms with E-state index in [0.29, 0.717) is 18.0 Å². The molecule has 16 heavy (non-hydrogen) atoms. The Balaban J connectivity index is 2.96. The summed E-state index contributed by atoms with van der Waals surface area (Å²) in [7, 11) is 0. The molecule has 88 valence electrons. The number of carbonyl (C=O) groups is 1. The van der Waals surface area contributed by atoms with Gasteiger partial charge in [-0.3, -0.25) is 4.79 Å². The zero-order valence-electron chi connectivity index (χ0n) is 9.67. The lowest BCUT2D eigenvalue weighted by atomic mass is 9.94. The largest absolute Gasteiger partial charge is 0.481 e. The first-order chi connectivity index (χ1) is 7.54. The number of thioether (sulfide) groups is 1. The third-order valence-corrected chi connectivity index (χ3v) is 2.88. The van der Waals surface area contributed by atoms with Gasteiger partial charge in [-0.2, -0.15) is 0 Å². The molecule has 0 aliphatic carbocycles. The quantitative estimate of drug-likeness (QED) is 0.632. The Kier molecular flexibility index (Phi) is 4.73. The van der Waals surface area contributed by atoms with Crippen LogP contribution in [0.2, 0.25) is 0 Å². The molecular weight excluding hydrogens is 224 g/mol. The van der Waals surface area contributed by atoms with Gasteiger partial charge in [0.25, 0.3) is 0 Å². The van der Waals surface area contributed by atoms with Gasteiger partial charge < -0.3 is 5.11 Å². The number of hydrogen-bond donors (Lipinski definition) is 1. The Morgan fingerprint density at radius 1 is 1.50 bits per heavy atom. The van der Waals surface area contributed by atoms with E-state index in [-0.39, 0.29) is 0 Å². The van der Waals surface area contributed by atoms with Crippen LogP contribution in [-0.2, 0) is 4.79 Å². The molecule has 0 saturated heterocycles. The molecule has 0 saturated carbocycles. The minimum absolute atomic E-state index is 0.328. The van der Waals surface area contributed by atoms with Gasteiger partial charge in [-0.15, -0.1) is 11.8 Å². The lowest BCUT2D eigenvalue weighted by Crippen LogP contribution is -2.15. The Hall–Kier alpha value is -1.10. The number of hydrogen-bond acceptors (Lipinski definition) is 4. The number of carboxylic acids is 1. The van der Waals surface area contributed by atoms with Crippen molar-refractivity contribution in [3.8, 4) is 0 Å². The second kappa shape index (κ2) is 5.84. The molecule has 0 spiro atoms. The summed E-state index contributed by atoms with van der Waals surface area (Å²) in [6, 6.07) is 1.76. The number of aromatic nitrogens is 2. The van der Waals surface area contributed by atoms with Crippen LogP contribution in [0, 0.1) is 5.92 Å². The Morgan fingerprint density at radius 2 is 2.19 bits per heavy atom. The second-order valence-corrected chi connectivity index (χ2v) is 4.83. The van der Waals surface area contributed by atoms with E-state index >= 15 is 0 Å². The monoisotopic (exact) mass is 240 g/mol. The third-order valence-electron chi connectivity index (χ3n) is 2.23. The average Bonchev–Trinajstić information content (AvgIpc) is 2.25. The number of rotatable bonds is 5. The van der Waals surface area contributed by atoms with Crippen LogP contribution >= 0.6 is 11.8 Å². The van der Waals surface area contributed by atoms with Gasteiger partial charge >= 0.3 is 5.97 Å². The van der Waals surface area contributed by atoms with Gasteiger partial charge in [0.1, 0.15) is 6.33 Å². The van der Waals surface area contributed by atoms with Crippen molar-refractivity contribution in [3.05, 3.63) is 18.1 Å². The molecule has 4 nitrogen and oxygen atoms in total. The van der Waals surface area contributed by atoms with Crippen LogP contribution in [0.4, 0.5) is 0 Å². The van der Waals surface area contributed by atoms with Crippen molar-refractivity contribution < 1.29 is 9.90 Å². The van der Waals surface area contributed by atoms with Gasteiger partial charge in [0, 0.05) is 0 Å². The molecule has 0 radical (unpaired) electrons. The highest BCUT2D eigenvalue weighted by atomic mass is 32.2. The molecule has 0 bridgehead atoms. The van der Waals surface area contributed by atoms with E-state index in [9.17, 15) is 9.90 Å². The van der Waals surface area contributed by atoms with Gasteiger partial charge in [0.2, 0.25) is 0 Å². The summed E-state index contributed by atoms with van der Waals surface area (Å²) in [6.07, 6.45) is 3.93. The van der Waals surface area contributed by atoms with E-state index in [1.807, 2.05) is 20.1 Å². The Morgan fingerprint density at radius 3 is 2.69 bits per heavy atom. The van der Waals surface area contributed by atoms with Gasteiger partial charge in [-0.25, -0.2) is 9.97 Å². The van der Waals surface area contributed by atoms with E-state index in [1.54, 1.807) is 6.07 Å². The highest BCUT2D eigenvalue weighted by Gasteiger charge is 2.22. The molecule has 0 aliphatic rings. The van der Waals surface area contributed by atoms with Crippen LogP contribution in [0.25, 0.3) is 0 Å². The minimum Gasteiger partial charge on any atom is -0.481 e. The van der Waals surface area contributed by atoms with Crippen LogP contribution in [0.3, 0.4) is 0 Å². The van der Waals surface area contributed by atoms with Crippen LogP contribution in [0.1, 0.15) is 31.9 Å². The van der Waals surface area contributed by atoms with Crippen molar-refractivity contribution in [1.82, 2.24) is 9.97 Å². The highest BCUT2D eigenvalue weighted by Crippen LogP contribution is 2.24. The van der Waals surface area contributed by atoms with E-state index in [1.165, 1.54) is 18.1 Å². The predicted molar refractivity (Wildman–Crippen MR) is 63.6 cm³/mol. The molecule has 0 fully saturated rings. The van der Waals surface area contributed by atoms with E-state index in [4.69, 9.17) is 0 Å². The van der Waals surface area contributed by atoms with Crippen molar-refractivity contribution in [2.75, 3.05) is 6.26 Å². The topological polar surface area (TPSA) is 63.1 Å². The molecule has 1 heterocycles. The van der Waals surface area contributed by atoms with Gasteiger partial charge in [0.15, 0.2) is 0 Å². The standard InChI is InChI=1S/C11H16N2O2S/c1-7(2)4-8(11(14)15)9-5-10(16-3)13-6-12-9/h5-8H,4H2,1-3H3,(H,14,15). The molecule has 1 aromatic rings. The lowest BCUT2D eigenvalue weighted by molar-refractivity contribution is -0.139. The number of nitrogens with zero attached hydrogens (tertiary/aromatic N) is 2. The fourth-order valence-corrected chi connectivity index (χ4v) is 1.87. The summed E-state index contributed by atoms with van der Waals surface area (Å²) in [4.78, 5) is 19.3. The maximum atomic E-state index is 11.2. The zero-order chi connectivity index (χ0) is 12.1. The molecule has 1 unspecified atom stereocenters. The minimum atomic E-state index is -0.820. The van der Waals surface area contributed by atoms with Crippen LogP contribution in [0.15, 0.2) is 17.4 Å². The summed E-state index contributed by atoms with van der Waals surface area (Å²) in [5.41, 5.74) is 0.598. The summed E-state index contributed by atoms with van der Waals surface area (Å²) in [5, 5.41) is 9.98. The molecule has 5 heteroatoms. The lowest BCUT2D eigenvalue weighted by Gasteiger charge is -2.14. The first kappa shape index (κ1) is 13.0. The molecule has 1 atom stereocenters. The first-order valence-corrected chi connectivity index (χ1v) is 6.35. The van der Waals surface area contributed by atoms with Gasteiger partial charge in [-0.1, -0.05) is 13.8 Å². The predicted octanol–water partition coefficient (Wildman–Crippen LogP) is 2.41. The summed E-state index contributed by atoms with van der Waals surface area (Å²) in [5.74, 6) is -1.03. The van der Waals surface area contributed by atoms with Crippen LogP contribution < -0.4 is 0 Å². The maximum absolute atomic E-state index is 11.2. The first-order valence-electron chi connectivity index (χ1n) is 5.13. The van der Waals surface area contributed by atoms with Crippen LogP contribution in [0.5, 0.6) is 0 Å². The smallest absolute Gasteiger partial charge is 0.312 e. The molecule has 0 aliphatic heterocycles. The van der Waals surface area contributed by atoms with Gasteiger partial charge in [0.05, 0.1) is 16.6 Å². The van der Waals surface area contributed by atoms with Gasteiger partial charge in [-0.05, 0) is 24.7 Å². The summed E-state index contributed by atoms with van der Waals surface area (Å²) in [6.45, 7) is 4.01. The Labute approximate surface area is 99.5 Å². The van der Waals surface area contributed by atoms with Crippen molar-refractivity contribution in [2.45, 2.75) is 31.2 Å². The third kappa shape index (κ3) is 3.48. The van der Waals surface area contributed by atoms with Crippen molar-refractivity contribution in [2.24, 2.45) is 5.92 Å². The molecule has 1 aromatic heterocycles. The van der Waals surface area contributed by atoms with E-state index < -0.39 is 11.9 Å². The van der Waals surface area contributed by atoms with Crippen molar-refractivity contribution in [1.29, 1.82) is 0 Å². The number of aliphatic carboxylic acids is 1. The molecular formula is C11H16N2O2S. The number of carboxylic acid groups (broad SMARTS) is 1. The van der Waals surface area contributed by atoms with Crippen molar-refractivity contribution in [3.63, 3.8) is 0 Å². The summed E-state index contributed by atoms with van der Waals surface area (Å²) >= 11 is 1.49. The average molecular weight is 240 g/mol. The van der Waals surface area contributed by atoms with Crippen molar-refractivity contribution >= 4 is 17.7 Å². The van der Waals surface area contributed by atoms with E-state index in [0.717, 1.165) is 5.03 Å². The Bertz CT molecular complexity index is 369. The molecule has 1 rings (SSSR count). The summed E-state index contributed by atoms with van der Waals surface area (Å²) < 4.78 is 0. The highest BCUT2D eigenvalue weighted by molar-refractivity contribution is 7.98. The zero-order valence-corrected chi connectivity index (χ0v) is 10.5. The van der Waals surface area contributed by atoms with E-state index in [2.05, 4.69) is 9.97 Å².